The fourth-order valence-electron chi connectivity index (χ4n) is 2.83. The Kier molecular flexibility index (Phi) is 3.97. The smallest absolute Gasteiger partial charge is 0.494 e. The van der Waals surface area contributed by atoms with Gasteiger partial charge in [-0.05, 0) is 29.7 Å². The summed E-state index contributed by atoms with van der Waals surface area (Å²) in [5, 5.41) is 10.2. The van der Waals surface area contributed by atoms with Crippen LogP contribution in [0, 0.1) is 0 Å². The van der Waals surface area contributed by atoms with Gasteiger partial charge in [-0.25, -0.2) is 0 Å². The molecular weight excluding hydrogens is 265 g/mol. The molecule has 0 aromatic heterocycles. The van der Waals surface area contributed by atoms with Gasteiger partial charge in [0.2, 0.25) is 0 Å². The number of ether oxygens (including phenoxy) is 1. The van der Waals surface area contributed by atoms with E-state index in [0.29, 0.717) is 24.4 Å². The summed E-state index contributed by atoms with van der Waals surface area (Å²) in [5.74, 6) is 0.663. The van der Waals surface area contributed by atoms with Crippen LogP contribution in [0.2, 0.25) is 0 Å². The van der Waals surface area contributed by atoms with Crippen molar-refractivity contribution in [1.82, 2.24) is 0 Å². The third-order valence-electron chi connectivity index (χ3n) is 3.71. The lowest BCUT2D eigenvalue weighted by molar-refractivity contribution is 0.198. The van der Waals surface area contributed by atoms with E-state index in [-0.39, 0.29) is 6.10 Å². The zero-order valence-corrected chi connectivity index (χ0v) is 12.0. The van der Waals surface area contributed by atoms with Crippen LogP contribution in [0.4, 0.5) is 0 Å². The van der Waals surface area contributed by atoms with Crippen LogP contribution in [-0.4, -0.2) is 25.3 Å². The number of fused-ring (bicyclic) bond motifs is 1. The van der Waals surface area contributed by atoms with Gasteiger partial charge in [0.25, 0.3) is 0 Å². The molecule has 0 saturated carbocycles. The van der Waals surface area contributed by atoms with E-state index in [4.69, 9.17) is 15.1 Å². The summed E-state index contributed by atoms with van der Waals surface area (Å²) in [6, 6.07) is 13.9. The molecule has 108 valence electrons. The fraction of sp³-hybridized carbons (Fsp3) is 0.250. The molecule has 0 aliphatic carbocycles. The fourth-order valence-corrected chi connectivity index (χ4v) is 2.83. The van der Waals surface area contributed by atoms with Crippen molar-refractivity contribution in [2.24, 2.45) is 5.73 Å². The topological polar surface area (TPSA) is 64.7 Å². The highest BCUT2D eigenvalue weighted by Gasteiger charge is 2.39. The Morgan fingerprint density at radius 3 is 2.67 bits per heavy atom. The van der Waals surface area contributed by atoms with Crippen LogP contribution in [-0.2, 0) is 4.65 Å². The van der Waals surface area contributed by atoms with Crippen LogP contribution in [0.3, 0.4) is 0 Å². The van der Waals surface area contributed by atoms with Gasteiger partial charge in [-0.2, -0.15) is 0 Å². The Balaban J connectivity index is 2.20. The predicted octanol–water partition coefficient (Wildman–Crippen LogP) is 1.47. The Morgan fingerprint density at radius 2 is 2.00 bits per heavy atom. The Morgan fingerprint density at radius 1 is 1.24 bits per heavy atom. The highest BCUT2D eigenvalue weighted by molar-refractivity contribution is 6.63. The van der Waals surface area contributed by atoms with Gasteiger partial charge in [-0.1, -0.05) is 36.4 Å². The third kappa shape index (κ3) is 2.44. The lowest BCUT2D eigenvalue weighted by atomic mass is 9.76. The van der Waals surface area contributed by atoms with Crippen molar-refractivity contribution in [3.8, 4) is 16.9 Å². The molecule has 0 saturated heterocycles. The standard InChI is InChI=1S/C16H18BNO3/c1-2-20-13-9-8-12(11-6-4-3-5-7-11)15-14(10-18)21-17(19)16(13)15/h3-9,14,19H,2,10,18H2,1H3. The van der Waals surface area contributed by atoms with Crippen LogP contribution in [0.1, 0.15) is 18.6 Å². The molecule has 21 heavy (non-hydrogen) atoms. The first kappa shape index (κ1) is 14.1. The minimum absolute atomic E-state index is 0.314. The predicted molar refractivity (Wildman–Crippen MR) is 83.5 cm³/mol. The van der Waals surface area contributed by atoms with E-state index in [2.05, 4.69) is 0 Å². The van der Waals surface area contributed by atoms with Crippen molar-refractivity contribution in [1.29, 1.82) is 0 Å². The van der Waals surface area contributed by atoms with Crippen molar-refractivity contribution in [3.63, 3.8) is 0 Å². The number of nitrogens with two attached hydrogens (primary N) is 1. The van der Waals surface area contributed by atoms with Crippen molar-refractivity contribution in [2.45, 2.75) is 13.0 Å². The molecule has 4 nitrogen and oxygen atoms in total. The first-order chi connectivity index (χ1) is 10.3. The number of rotatable bonds is 4. The van der Waals surface area contributed by atoms with Gasteiger partial charge in [0.05, 0.1) is 12.7 Å². The van der Waals surface area contributed by atoms with E-state index in [1.54, 1.807) is 0 Å². The largest absolute Gasteiger partial charge is 0.495 e. The molecule has 3 N–H and O–H groups in total. The Bertz CT molecular complexity index is 633. The summed E-state index contributed by atoms with van der Waals surface area (Å²) < 4.78 is 11.2. The Labute approximate surface area is 124 Å². The number of benzene rings is 2. The molecule has 1 aliphatic heterocycles. The van der Waals surface area contributed by atoms with Crippen LogP contribution in [0.25, 0.3) is 11.1 Å². The second-order valence-corrected chi connectivity index (χ2v) is 4.95. The first-order valence-electron chi connectivity index (χ1n) is 7.14. The number of hydrogen-bond donors (Lipinski definition) is 2. The van der Waals surface area contributed by atoms with Crippen LogP contribution >= 0.6 is 0 Å². The van der Waals surface area contributed by atoms with Crippen molar-refractivity contribution < 1.29 is 14.4 Å². The monoisotopic (exact) mass is 283 g/mol. The van der Waals surface area contributed by atoms with Crippen LogP contribution in [0.5, 0.6) is 5.75 Å². The molecular formula is C16H18BNO3. The molecule has 0 bridgehead atoms. The summed E-state index contributed by atoms with van der Waals surface area (Å²) in [6.45, 7) is 2.77. The summed E-state index contributed by atoms with van der Waals surface area (Å²) in [6.07, 6.45) is -0.314. The van der Waals surface area contributed by atoms with Gasteiger partial charge in [0.15, 0.2) is 0 Å². The van der Waals surface area contributed by atoms with Gasteiger partial charge >= 0.3 is 7.12 Å². The molecule has 0 spiro atoms. The van der Waals surface area contributed by atoms with Crippen LogP contribution in [0.15, 0.2) is 42.5 Å². The normalized spacial score (nSPS) is 16.9. The average Bonchev–Trinajstić information content (AvgIpc) is 2.86. The van der Waals surface area contributed by atoms with E-state index in [1.807, 2.05) is 49.4 Å². The van der Waals surface area contributed by atoms with E-state index in [0.717, 1.165) is 16.7 Å². The lowest BCUT2D eigenvalue weighted by Crippen LogP contribution is -2.30. The SMILES string of the molecule is CCOc1ccc(-c2ccccc2)c2c1B(O)OC2CN. The number of hydrogen-bond acceptors (Lipinski definition) is 4. The average molecular weight is 283 g/mol. The van der Waals surface area contributed by atoms with E-state index in [9.17, 15) is 5.02 Å². The second kappa shape index (κ2) is 5.89. The van der Waals surface area contributed by atoms with Crippen molar-refractivity contribution in [2.75, 3.05) is 13.2 Å². The molecule has 1 aliphatic rings. The van der Waals surface area contributed by atoms with Gasteiger partial charge in [-0.15, -0.1) is 0 Å². The maximum atomic E-state index is 10.2. The maximum absolute atomic E-state index is 10.2. The zero-order valence-electron chi connectivity index (χ0n) is 12.0. The van der Waals surface area contributed by atoms with Crippen LogP contribution < -0.4 is 15.9 Å². The summed E-state index contributed by atoms with van der Waals surface area (Å²) in [4.78, 5) is 0. The molecule has 1 unspecified atom stereocenters. The third-order valence-corrected chi connectivity index (χ3v) is 3.71. The van der Waals surface area contributed by atoms with E-state index < -0.39 is 7.12 Å². The molecule has 0 amide bonds. The highest BCUT2D eigenvalue weighted by Crippen LogP contribution is 2.35. The van der Waals surface area contributed by atoms with Gasteiger partial charge in [0.1, 0.15) is 5.75 Å². The van der Waals surface area contributed by atoms with Gasteiger partial charge < -0.3 is 20.1 Å². The molecule has 1 atom stereocenters. The van der Waals surface area contributed by atoms with E-state index >= 15 is 0 Å². The van der Waals surface area contributed by atoms with E-state index in [1.165, 1.54) is 0 Å². The van der Waals surface area contributed by atoms with Crippen molar-refractivity contribution >= 4 is 12.6 Å². The molecule has 5 heteroatoms. The second-order valence-electron chi connectivity index (χ2n) is 4.95. The maximum Gasteiger partial charge on any atom is 0.495 e. The minimum atomic E-state index is -0.987. The van der Waals surface area contributed by atoms with Gasteiger partial charge in [-0.3, -0.25) is 0 Å². The van der Waals surface area contributed by atoms with Gasteiger partial charge in [0, 0.05) is 12.0 Å². The zero-order chi connectivity index (χ0) is 14.8. The molecule has 0 fully saturated rings. The highest BCUT2D eigenvalue weighted by atomic mass is 16.5. The Hall–Kier alpha value is -1.82. The first-order valence-corrected chi connectivity index (χ1v) is 7.14. The molecule has 2 aromatic rings. The molecule has 0 radical (unpaired) electrons. The summed E-state index contributed by atoms with van der Waals surface area (Å²) >= 11 is 0. The molecule has 2 aromatic carbocycles. The summed E-state index contributed by atoms with van der Waals surface area (Å²) in [5.41, 5.74) is 9.55. The molecule has 3 rings (SSSR count). The minimum Gasteiger partial charge on any atom is -0.494 e. The quantitative estimate of drug-likeness (QED) is 0.834. The molecule has 1 heterocycles. The van der Waals surface area contributed by atoms with Crippen molar-refractivity contribution in [3.05, 3.63) is 48.0 Å². The summed E-state index contributed by atoms with van der Waals surface area (Å²) in [7, 11) is -0.987. The lowest BCUT2D eigenvalue weighted by Gasteiger charge is -2.16.